The minimum absolute atomic E-state index is 0.558. The van der Waals surface area contributed by atoms with Crippen molar-refractivity contribution in [3.05, 3.63) is 11.6 Å². The number of nitrogens with zero attached hydrogens (tertiary/aromatic N) is 4. The SMILES string of the molecule is CC1CCc2nc(C3CCCN(C)C3)nn2C1. The van der Waals surface area contributed by atoms with E-state index in [1.807, 2.05) is 0 Å². The fourth-order valence-electron chi connectivity index (χ4n) is 3.04. The van der Waals surface area contributed by atoms with Crippen LogP contribution in [0.25, 0.3) is 0 Å². The van der Waals surface area contributed by atoms with Crippen molar-refractivity contribution in [2.75, 3.05) is 20.1 Å². The van der Waals surface area contributed by atoms with Gasteiger partial charge in [0.25, 0.3) is 0 Å². The second-order valence-electron chi connectivity index (χ2n) is 5.81. The van der Waals surface area contributed by atoms with Crippen LogP contribution in [0.2, 0.25) is 0 Å². The fourth-order valence-corrected chi connectivity index (χ4v) is 3.04. The molecule has 0 spiro atoms. The van der Waals surface area contributed by atoms with E-state index in [2.05, 4.69) is 23.6 Å². The molecule has 1 saturated heterocycles. The largest absolute Gasteiger partial charge is 0.306 e. The van der Waals surface area contributed by atoms with Crippen LogP contribution in [0, 0.1) is 5.92 Å². The van der Waals surface area contributed by atoms with Crippen molar-refractivity contribution in [2.24, 2.45) is 5.92 Å². The first-order valence-electron chi connectivity index (χ1n) is 6.84. The molecule has 2 aliphatic heterocycles. The maximum absolute atomic E-state index is 4.77. The highest BCUT2D eigenvalue weighted by atomic mass is 15.4. The number of likely N-dealkylation sites (N-methyl/N-ethyl adjacent to an activating group) is 1. The van der Waals surface area contributed by atoms with Crippen LogP contribution in [0.3, 0.4) is 0 Å². The van der Waals surface area contributed by atoms with Gasteiger partial charge in [0.1, 0.15) is 5.82 Å². The Kier molecular flexibility index (Phi) is 2.90. The van der Waals surface area contributed by atoms with E-state index in [4.69, 9.17) is 10.1 Å². The minimum Gasteiger partial charge on any atom is -0.306 e. The molecule has 2 aliphatic rings. The van der Waals surface area contributed by atoms with Crippen LogP contribution in [-0.4, -0.2) is 39.8 Å². The smallest absolute Gasteiger partial charge is 0.155 e. The number of fused-ring (bicyclic) bond motifs is 1. The summed E-state index contributed by atoms with van der Waals surface area (Å²) >= 11 is 0. The van der Waals surface area contributed by atoms with Crippen LogP contribution < -0.4 is 0 Å². The van der Waals surface area contributed by atoms with E-state index < -0.39 is 0 Å². The molecule has 2 unspecified atom stereocenters. The van der Waals surface area contributed by atoms with Gasteiger partial charge in [-0.05, 0) is 38.8 Å². The van der Waals surface area contributed by atoms with Crippen LogP contribution >= 0.6 is 0 Å². The maximum atomic E-state index is 4.77. The third kappa shape index (κ3) is 2.23. The normalized spacial score (nSPS) is 30.2. The average molecular weight is 234 g/mol. The van der Waals surface area contributed by atoms with E-state index >= 15 is 0 Å². The zero-order valence-corrected chi connectivity index (χ0v) is 10.9. The van der Waals surface area contributed by atoms with Gasteiger partial charge in [-0.15, -0.1) is 0 Å². The monoisotopic (exact) mass is 234 g/mol. The highest BCUT2D eigenvalue weighted by Gasteiger charge is 2.25. The highest BCUT2D eigenvalue weighted by molar-refractivity contribution is 5.03. The molecule has 3 rings (SSSR count). The first-order chi connectivity index (χ1) is 8.22. The number of aryl methyl sites for hydroxylation is 1. The van der Waals surface area contributed by atoms with E-state index in [0.29, 0.717) is 5.92 Å². The predicted molar refractivity (Wildman–Crippen MR) is 67.0 cm³/mol. The van der Waals surface area contributed by atoms with Gasteiger partial charge in [-0.3, -0.25) is 0 Å². The third-order valence-electron chi connectivity index (χ3n) is 4.10. The van der Waals surface area contributed by atoms with Gasteiger partial charge in [0.05, 0.1) is 0 Å². The van der Waals surface area contributed by atoms with Crippen molar-refractivity contribution in [3.63, 3.8) is 0 Å². The van der Waals surface area contributed by atoms with E-state index in [1.54, 1.807) is 0 Å². The summed E-state index contributed by atoms with van der Waals surface area (Å²) in [6.45, 7) is 5.71. The summed E-state index contributed by atoms with van der Waals surface area (Å²) in [5.74, 6) is 3.63. The van der Waals surface area contributed by atoms with Gasteiger partial charge in [-0.25, -0.2) is 9.67 Å². The molecule has 0 aromatic carbocycles. The van der Waals surface area contributed by atoms with Crippen LogP contribution in [0.5, 0.6) is 0 Å². The summed E-state index contributed by atoms with van der Waals surface area (Å²) < 4.78 is 2.15. The molecule has 3 heterocycles. The quantitative estimate of drug-likeness (QED) is 0.741. The number of hydrogen-bond acceptors (Lipinski definition) is 3. The summed E-state index contributed by atoms with van der Waals surface area (Å²) in [5, 5.41) is 4.74. The molecule has 0 saturated carbocycles. The molecule has 1 aromatic heterocycles. The summed E-state index contributed by atoms with van der Waals surface area (Å²) in [6, 6.07) is 0. The zero-order valence-electron chi connectivity index (χ0n) is 10.9. The average Bonchev–Trinajstić information content (AvgIpc) is 2.72. The van der Waals surface area contributed by atoms with E-state index in [-0.39, 0.29) is 0 Å². The van der Waals surface area contributed by atoms with Gasteiger partial charge in [0, 0.05) is 25.4 Å². The Bertz CT molecular complexity index is 398. The zero-order chi connectivity index (χ0) is 11.8. The molecular weight excluding hydrogens is 212 g/mol. The fraction of sp³-hybridized carbons (Fsp3) is 0.846. The Morgan fingerprint density at radius 2 is 2.12 bits per heavy atom. The van der Waals surface area contributed by atoms with Crippen molar-refractivity contribution >= 4 is 0 Å². The van der Waals surface area contributed by atoms with Gasteiger partial charge < -0.3 is 4.90 Å². The van der Waals surface area contributed by atoms with Crippen LogP contribution in [0.1, 0.15) is 43.8 Å². The van der Waals surface area contributed by atoms with Gasteiger partial charge in [0.2, 0.25) is 0 Å². The molecule has 0 radical (unpaired) electrons. The van der Waals surface area contributed by atoms with Crippen LogP contribution in [0.15, 0.2) is 0 Å². The molecule has 0 aliphatic carbocycles. The summed E-state index contributed by atoms with van der Waals surface area (Å²) in [4.78, 5) is 7.17. The third-order valence-corrected chi connectivity index (χ3v) is 4.10. The second-order valence-corrected chi connectivity index (χ2v) is 5.81. The van der Waals surface area contributed by atoms with Crippen molar-refractivity contribution in [2.45, 2.75) is 45.1 Å². The van der Waals surface area contributed by atoms with Gasteiger partial charge >= 0.3 is 0 Å². The lowest BCUT2D eigenvalue weighted by Gasteiger charge is -2.27. The van der Waals surface area contributed by atoms with Crippen LogP contribution in [-0.2, 0) is 13.0 Å². The Morgan fingerprint density at radius 1 is 1.24 bits per heavy atom. The molecular formula is C13H22N4. The standard InChI is InChI=1S/C13H22N4/c1-10-5-6-12-14-13(15-17(12)8-10)11-4-3-7-16(2)9-11/h10-11H,3-9H2,1-2H3. The molecule has 0 N–H and O–H groups in total. The molecule has 4 heteroatoms. The Hall–Kier alpha value is -0.900. The van der Waals surface area contributed by atoms with Crippen molar-refractivity contribution in [1.82, 2.24) is 19.7 Å². The summed E-state index contributed by atoms with van der Waals surface area (Å²) in [5.41, 5.74) is 0. The van der Waals surface area contributed by atoms with Crippen LogP contribution in [0.4, 0.5) is 0 Å². The Morgan fingerprint density at radius 3 is 2.94 bits per heavy atom. The number of piperidine rings is 1. The topological polar surface area (TPSA) is 34.0 Å². The van der Waals surface area contributed by atoms with Crippen molar-refractivity contribution in [1.29, 1.82) is 0 Å². The minimum atomic E-state index is 0.558. The van der Waals surface area contributed by atoms with E-state index in [0.717, 1.165) is 31.3 Å². The number of hydrogen-bond donors (Lipinski definition) is 0. The lowest BCUT2D eigenvalue weighted by molar-refractivity contribution is 0.245. The summed E-state index contributed by atoms with van der Waals surface area (Å²) in [7, 11) is 2.20. The molecule has 2 atom stereocenters. The maximum Gasteiger partial charge on any atom is 0.155 e. The second kappa shape index (κ2) is 4.41. The summed E-state index contributed by atoms with van der Waals surface area (Å²) in [6.07, 6.45) is 4.91. The molecule has 1 aromatic rings. The molecule has 0 amide bonds. The lowest BCUT2D eigenvalue weighted by atomic mass is 9.98. The number of rotatable bonds is 1. The molecule has 94 valence electrons. The van der Waals surface area contributed by atoms with E-state index in [1.165, 1.54) is 31.6 Å². The Labute approximate surface area is 103 Å². The first-order valence-corrected chi connectivity index (χ1v) is 6.84. The van der Waals surface area contributed by atoms with Gasteiger partial charge in [-0.2, -0.15) is 5.10 Å². The van der Waals surface area contributed by atoms with E-state index in [9.17, 15) is 0 Å². The van der Waals surface area contributed by atoms with Gasteiger partial charge in [0.15, 0.2) is 5.82 Å². The predicted octanol–water partition coefficient (Wildman–Crippen LogP) is 1.67. The van der Waals surface area contributed by atoms with Crippen molar-refractivity contribution in [3.8, 4) is 0 Å². The molecule has 4 nitrogen and oxygen atoms in total. The van der Waals surface area contributed by atoms with Crippen molar-refractivity contribution < 1.29 is 0 Å². The van der Waals surface area contributed by atoms with Gasteiger partial charge in [-0.1, -0.05) is 6.92 Å². The first kappa shape index (κ1) is 11.2. The number of aromatic nitrogens is 3. The number of likely N-dealkylation sites (tertiary alicyclic amines) is 1. The molecule has 17 heavy (non-hydrogen) atoms. The Balaban J connectivity index is 1.79. The molecule has 0 bridgehead atoms. The molecule has 1 fully saturated rings. The highest BCUT2D eigenvalue weighted by Crippen LogP contribution is 2.26. The lowest BCUT2D eigenvalue weighted by Crippen LogP contribution is -2.31.